The number of hydrogen-bond donors (Lipinski definition) is 1. The molecular formula is C10H14ClNO. The largest absolute Gasteiger partial charge is 0.310 e. The van der Waals surface area contributed by atoms with E-state index >= 15 is 0 Å². The summed E-state index contributed by atoms with van der Waals surface area (Å²) in [5, 5.41) is 3.02. The van der Waals surface area contributed by atoms with Crippen molar-refractivity contribution in [2.75, 3.05) is 13.1 Å². The van der Waals surface area contributed by atoms with E-state index in [1.165, 1.54) is 5.56 Å². The highest BCUT2D eigenvalue weighted by Gasteiger charge is 1.89. The molecule has 0 fully saturated rings. The molecule has 0 saturated carbocycles. The van der Waals surface area contributed by atoms with Gasteiger partial charge in [-0.2, -0.15) is 0 Å². The van der Waals surface area contributed by atoms with Crippen molar-refractivity contribution in [3.63, 3.8) is 0 Å². The Morgan fingerprint density at radius 3 is 2.54 bits per heavy atom. The maximum atomic E-state index is 9.95. The number of carbonyl (C=O) groups is 1. The van der Waals surface area contributed by atoms with Gasteiger partial charge in [0.05, 0.1) is 6.54 Å². The van der Waals surface area contributed by atoms with Gasteiger partial charge in [0.2, 0.25) is 0 Å². The van der Waals surface area contributed by atoms with Gasteiger partial charge in [0.15, 0.2) is 0 Å². The number of rotatable bonds is 5. The standard InChI is InChI=1S/C10H13NO.ClH/c12-9-8-11-7-6-10-4-2-1-3-5-10;/h1-5,9,11H,6-8H2;1H. The Morgan fingerprint density at radius 2 is 1.92 bits per heavy atom. The lowest BCUT2D eigenvalue weighted by Gasteiger charge is -2.00. The van der Waals surface area contributed by atoms with Crippen molar-refractivity contribution in [2.45, 2.75) is 6.42 Å². The third-order valence-electron chi connectivity index (χ3n) is 1.66. The van der Waals surface area contributed by atoms with Crippen LogP contribution in [-0.4, -0.2) is 19.4 Å². The molecule has 0 aliphatic carbocycles. The molecule has 0 radical (unpaired) electrons. The molecule has 1 aromatic carbocycles. The summed E-state index contributed by atoms with van der Waals surface area (Å²) in [7, 11) is 0. The van der Waals surface area contributed by atoms with Crippen molar-refractivity contribution in [2.24, 2.45) is 0 Å². The molecule has 2 nitrogen and oxygen atoms in total. The van der Waals surface area contributed by atoms with E-state index in [9.17, 15) is 4.79 Å². The Kier molecular flexibility index (Phi) is 7.26. The van der Waals surface area contributed by atoms with Crippen LogP contribution in [0.1, 0.15) is 5.56 Å². The fourth-order valence-corrected chi connectivity index (χ4v) is 1.04. The summed E-state index contributed by atoms with van der Waals surface area (Å²) < 4.78 is 0. The van der Waals surface area contributed by atoms with Crippen LogP contribution in [0.5, 0.6) is 0 Å². The highest BCUT2D eigenvalue weighted by molar-refractivity contribution is 5.85. The second-order valence-corrected chi connectivity index (χ2v) is 2.61. The highest BCUT2D eigenvalue weighted by Crippen LogP contribution is 1.97. The summed E-state index contributed by atoms with van der Waals surface area (Å²) in [6.45, 7) is 1.32. The van der Waals surface area contributed by atoms with E-state index in [0.717, 1.165) is 19.3 Å². The zero-order valence-corrected chi connectivity index (χ0v) is 8.22. The van der Waals surface area contributed by atoms with E-state index in [2.05, 4.69) is 17.4 Å². The molecule has 0 aliphatic heterocycles. The Bertz CT molecular complexity index is 226. The minimum Gasteiger partial charge on any atom is -0.310 e. The van der Waals surface area contributed by atoms with Gasteiger partial charge < -0.3 is 10.1 Å². The van der Waals surface area contributed by atoms with Gasteiger partial charge in [0, 0.05) is 0 Å². The summed E-state index contributed by atoms with van der Waals surface area (Å²) in [4.78, 5) is 9.95. The minimum atomic E-state index is 0. The normalized spacial score (nSPS) is 8.92. The second kappa shape index (κ2) is 7.77. The number of benzene rings is 1. The van der Waals surface area contributed by atoms with Gasteiger partial charge >= 0.3 is 0 Å². The SMILES string of the molecule is Cl.O=CCNCCc1ccccc1. The average molecular weight is 200 g/mol. The molecular weight excluding hydrogens is 186 g/mol. The lowest BCUT2D eigenvalue weighted by atomic mass is 10.1. The van der Waals surface area contributed by atoms with Gasteiger partial charge in [-0.3, -0.25) is 0 Å². The van der Waals surface area contributed by atoms with Crippen LogP contribution in [0.2, 0.25) is 0 Å². The molecule has 0 unspecified atom stereocenters. The Morgan fingerprint density at radius 1 is 1.23 bits per heavy atom. The van der Waals surface area contributed by atoms with Gasteiger partial charge in [0.25, 0.3) is 0 Å². The van der Waals surface area contributed by atoms with Crippen molar-refractivity contribution >= 4 is 18.7 Å². The molecule has 0 aliphatic rings. The van der Waals surface area contributed by atoms with Crippen LogP contribution in [-0.2, 0) is 11.2 Å². The third kappa shape index (κ3) is 5.39. The van der Waals surface area contributed by atoms with E-state index in [-0.39, 0.29) is 12.4 Å². The Hall–Kier alpha value is -0.860. The highest BCUT2D eigenvalue weighted by atomic mass is 35.5. The molecule has 0 aromatic heterocycles. The van der Waals surface area contributed by atoms with Crippen LogP contribution in [0.15, 0.2) is 30.3 Å². The predicted octanol–water partition coefficient (Wildman–Crippen LogP) is 1.44. The number of nitrogens with one attached hydrogen (secondary N) is 1. The zero-order valence-electron chi connectivity index (χ0n) is 7.40. The molecule has 72 valence electrons. The van der Waals surface area contributed by atoms with Crippen LogP contribution in [0, 0.1) is 0 Å². The van der Waals surface area contributed by atoms with Gasteiger partial charge in [0.1, 0.15) is 6.29 Å². The maximum absolute atomic E-state index is 9.95. The first kappa shape index (κ1) is 12.1. The molecule has 0 heterocycles. The summed E-state index contributed by atoms with van der Waals surface area (Å²) in [6, 6.07) is 10.2. The lowest BCUT2D eigenvalue weighted by molar-refractivity contribution is -0.107. The van der Waals surface area contributed by atoms with Gasteiger partial charge in [-0.15, -0.1) is 12.4 Å². The van der Waals surface area contributed by atoms with E-state index in [1.54, 1.807) is 0 Å². The second-order valence-electron chi connectivity index (χ2n) is 2.61. The van der Waals surface area contributed by atoms with E-state index < -0.39 is 0 Å². The molecule has 0 bridgehead atoms. The molecule has 13 heavy (non-hydrogen) atoms. The van der Waals surface area contributed by atoms with Gasteiger partial charge in [-0.1, -0.05) is 30.3 Å². The van der Waals surface area contributed by atoms with Crippen LogP contribution in [0.25, 0.3) is 0 Å². The zero-order chi connectivity index (χ0) is 8.65. The van der Waals surface area contributed by atoms with E-state index in [1.807, 2.05) is 18.2 Å². The number of hydrogen-bond acceptors (Lipinski definition) is 2. The summed E-state index contributed by atoms with van der Waals surface area (Å²) >= 11 is 0. The summed E-state index contributed by atoms with van der Waals surface area (Å²) in [6.07, 6.45) is 1.86. The minimum absolute atomic E-state index is 0. The van der Waals surface area contributed by atoms with Crippen LogP contribution >= 0.6 is 12.4 Å². The molecule has 0 saturated heterocycles. The first-order valence-corrected chi connectivity index (χ1v) is 4.12. The Balaban J connectivity index is 0.00000144. The van der Waals surface area contributed by atoms with Crippen LogP contribution in [0.4, 0.5) is 0 Å². The van der Waals surface area contributed by atoms with Gasteiger partial charge in [-0.25, -0.2) is 0 Å². The van der Waals surface area contributed by atoms with Crippen molar-refractivity contribution in [1.82, 2.24) is 5.32 Å². The van der Waals surface area contributed by atoms with E-state index in [4.69, 9.17) is 0 Å². The summed E-state index contributed by atoms with van der Waals surface area (Å²) in [5.41, 5.74) is 1.30. The molecule has 0 atom stereocenters. The average Bonchev–Trinajstić information content (AvgIpc) is 2.14. The van der Waals surface area contributed by atoms with Crippen molar-refractivity contribution in [1.29, 1.82) is 0 Å². The van der Waals surface area contributed by atoms with E-state index in [0.29, 0.717) is 6.54 Å². The predicted molar refractivity (Wildman–Crippen MR) is 56.3 cm³/mol. The van der Waals surface area contributed by atoms with Crippen LogP contribution < -0.4 is 5.32 Å². The van der Waals surface area contributed by atoms with Crippen molar-refractivity contribution in [3.05, 3.63) is 35.9 Å². The third-order valence-corrected chi connectivity index (χ3v) is 1.66. The lowest BCUT2D eigenvalue weighted by Crippen LogP contribution is -2.19. The fraction of sp³-hybridized carbons (Fsp3) is 0.300. The topological polar surface area (TPSA) is 29.1 Å². The van der Waals surface area contributed by atoms with Crippen molar-refractivity contribution in [3.8, 4) is 0 Å². The Labute approximate surface area is 84.8 Å². The molecule has 0 spiro atoms. The molecule has 1 aromatic rings. The van der Waals surface area contributed by atoms with Crippen LogP contribution in [0.3, 0.4) is 0 Å². The molecule has 1 rings (SSSR count). The number of carbonyl (C=O) groups excluding carboxylic acids is 1. The first-order chi connectivity index (χ1) is 5.93. The van der Waals surface area contributed by atoms with Crippen molar-refractivity contribution < 1.29 is 4.79 Å². The smallest absolute Gasteiger partial charge is 0.133 e. The summed E-state index contributed by atoms with van der Waals surface area (Å²) in [5.74, 6) is 0. The van der Waals surface area contributed by atoms with Gasteiger partial charge in [-0.05, 0) is 18.5 Å². The maximum Gasteiger partial charge on any atom is 0.133 e. The number of aldehydes is 1. The fourth-order valence-electron chi connectivity index (χ4n) is 1.04. The molecule has 0 amide bonds. The number of halogens is 1. The quantitative estimate of drug-likeness (QED) is 0.575. The monoisotopic (exact) mass is 199 g/mol. The molecule has 3 heteroatoms. The molecule has 1 N–H and O–H groups in total. The first-order valence-electron chi connectivity index (χ1n) is 4.12.